The number of carboxylic acids is 2. The van der Waals surface area contributed by atoms with Crippen LogP contribution in [-0.4, -0.2) is 82.6 Å². The molecule has 0 aromatic rings. The maximum atomic E-state index is 12.7. The Kier molecular flexibility index (Phi) is 14.2. The highest BCUT2D eigenvalue weighted by Crippen LogP contribution is 2.06. The fraction of sp³-hybridized carbons (Fsp3) is 0.722. The number of thioether (sulfide) groups is 1. The lowest BCUT2D eigenvalue weighted by molar-refractivity contribution is -0.143. The van der Waals surface area contributed by atoms with Crippen molar-refractivity contribution in [3.8, 4) is 0 Å². The highest BCUT2D eigenvalue weighted by atomic mass is 32.2. The van der Waals surface area contributed by atoms with Crippen molar-refractivity contribution in [1.82, 2.24) is 16.0 Å². The average molecular weight is 464 g/mol. The van der Waals surface area contributed by atoms with Crippen LogP contribution in [0.15, 0.2) is 0 Å². The van der Waals surface area contributed by atoms with Crippen LogP contribution in [0.2, 0.25) is 0 Å². The molecule has 0 aliphatic rings. The number of hydrogen-bond acceptors (Lipinski definition) is 8. The van der Waals surface area contributed by atoms with Crippen molar-refractivity contribution in [2.75, 3.05) is 18.6 Å². The van der Waals surface area contributed by atoms with Gasteiger partial charge in [0.15, 0.2) is 0 Å². The molecule has 0 bridgehead atoms. The van der Waals surface area contributed by atoms with Gasteiger partial charge in [0, 0.05) is 0 Å². The summed E-state index contributed by atoms with van der Waals surface area (Å²) in [6.07, 6.45) is 2.53. The Morgan fingerprint density at radius 1 is 0.871 bits per heavy atom. The number of unbranched alkanes of at least 4 members (excludes halogenated alkanes) is 1. The first-order chi connectivity index (χ1) is 14.5. The second-order valence-corrected chi connectivity index (χ2v) is 7.96. The second-order valence-electron chi connectivity index (χ2n) is 6.97. The van der Waals surface area contributed by atoms with Crippen molar-refractivity contribution < 1.29 is 34.2 Å². The molecular formula is C18H33N5O7S. The number of nitrogens with two attached hydrogens (primary N) is 2. The van der Waals surface area contributed by atoms with Crippen LogP contribution in [0.4, 0.5) is 0 Å². The van der Waals surface area contributed by atoms with Gasteiger partial charge in [-0.05, 0) is 51.2 Å². The topological polar surface area (TPSA) is 214 Å². The minimum absolute atomic E-state index is 0.174. The van der Waals surface area contributed by atoms with Crippen LogP contribution >= 0.6 is 11.8 Å². The maximum Gasteiger partial charge on any atom is 0.326 e. The molecule has 3 amide bonds. The molecule has 0 aliphatic carbocycles. The zero-order chi connectivity index (χ0) is 24.0. The zero-order valence-electron chi connectivity index (χ0n) is 17.8. The number of carbonyl (C=O) groups is 5. The van der Waals surface area contributed by atoms with E-state index in [9.17, 15) is 29.1 Å². The molecule has 0 saturated carbocycles. The van der Waals surface area contributed by atoms with Gasteiger partial charge >= 0.3 is 11.9 Å². The van der Waals surface area contributed by atoms with Crippen LogP contribution in [0, 0.1) is 0 Å². The monoisotopic (exact) mass is 463 g/mol. The summed E-state index contributed by atoms with van der Waals surface area (Å²) >= 11 is 1.41. The van der Waals surface area contributed by atoms with E-state index < -0.39 is 60.2 Å². The van der Waals surface area contributed by atoms with Crippen molar-refractivity contribution in [3.63, 3.8) is 0 Å². The van der Waals surface area contributed by atoms with Gasteiger partial charge in [0.05, 0.1) is 12.5 Å². The summed E-state index contributed by atoms with van der Waals surface area (Å²) in [6, 6.07) is -4.68. The van der Waals surface area contributed by atoms with Crippen molar-refractivity contribution >= 4 is 41.4 Å². The molecule has 13 heteroatoms. The van der Waals surface area contributed by atoms with E-state index in [4.69, 9.17) is 16.6 Å². The quantitative estimate of drug-likeness (QED) is 0.128. The number of hydrogen-bond donors (Lipinski definition) is 7. The Balaban J connectivity index is 5.33. The molecule has 0 heterocycles. The fourth-order valence-corrected chi connectivity index (χ4v) is 2.96. The molecule has 0 aromatic carbocycles. The summed E-state index contributed by atoms with van der Waals surface area (Å²) in [5, 5.41) is 25.4. The van der Waals surface area contributed by atoms with E-state index in [0.29, 0.717) is 25.1 Å². The first kappa shape index (κ1) is 28.6. The van der Waals surface area contributed by atoms with Gasteiger partial charge in [0.25, 0.3) is 0 Å². The van der Waals surface area contributed by atoms with Crippen LogP contribution in [0.5, 0.6) is 0 Å². The summed E-state index contributed by atoms with van der Waals surface area (Å²) < 4.78 is 0. The van der Waals surface area contributed by atoms with Gasteiger partial charge in [-0.1, -0.05) is 0 Å². The Morgan fingerprint density at radius 2 is 1.42 bits per heavy atom. The first-order valence-corrected chi connectivity index (χ1v) is 11.2. The van der Waals surface area contributed by atoms with E-state index in [1.54, 1.807) is 6.26 Å². The Labute approximate surface area is 185 Å². The first-order valence-electron chi connectivity index (χ1n) is 9.83. The lowest BCUT2D eigenvalue weighted by atomic mass is 10.1. The molecule has 178 valence electrons. The summed E-state index contributed by atoms with van der Waals surface area (Å²) in [5.41, 5.74) is 10.8. The predicted octanol–water partition coefficient (Wildman–Crippen LogP) is -1.77. The fourth-order valence-electron chi connectivity index (χ4n) is 2.49. The van der Waals surface area contributed by atoms with Crippen LogP contribution in [-0.2, 0) is 24.0 Å². The van der Waals surface area contributed by atoms with Crippen LogP contribution in [0.3, 0.4) is 0 Å². The lowest BCUT2D eigenvalue weighted by Crippen LogP contribution is -2.57. The van der Waals surface area contributed by atoms with Crippen molar-refractivity contribution in [2.45, 2.75) is 63.2 Å². The molecule has 0 aliphatic heterocycles. The van der Waals surface area contributed by atoms with Gasteiger partial charge in [-0.25, -0.2) is 4.79 Å². The van der Waals surface area contributed by atoms with Crippen LogP contribution in [0.25, 0.3) is 0 Å². The van der Waals surface area contributed by atoms with Crippen LogP contribution < -0.4 is 27.4 Å². The molecule has 0 fully saturated rings. The van der Waals surface area contributed by atoms with Gasteiger partial charge < -0.3 is 37.6 Å². The van der Waals surface area contributed by atoms with Gasteiger partial charge in [0.1, 0.15) is 18.1 Å². The third-order valence-corrected chi connectivity index (χ3v) is 4.87. The molecule has 4 atom stereocenters. The minimum Gasteiger partial charge on any atom is -0.481 e. The van der Waals surface area contributed by atoms with E-state index in [2.05, 4.69) is 16.0 Å². The average Bonchev–Trinajstić information content (AvgIpc) is 2.68. The molecule has 0 rings (SSSR count). The SMILES string of the molecule is CSCCC(NC(=O)C(CC(=O)O)NC(=O)C(C)N)C(=O)NC(CCCCN)C(=O)O. The maximum absolute atomic E-state index is 12.7. The van der Waals surface area contributed by atoms with Crippen LogP contribution in [0.1, 0.15) is 39.0 Å². The molecule has 0 saturated heterocycles. The third-order valence-electron chi connectivity index (χ3n) is 4.23. The summed E-state index contributed by atoms with van der Waals surface area (Å²) in [6.45, 7) is 1.77. The molecule has 12 nitrogen and oxygen atoms in total. The molecule has 0 spiro atoms. The number of carboxylic acid groups (broad SMARTS) is 2. The highest BCUT2D eigenvalue weighted by molar-refractivity contribution is 7.98. The predicted molar refractivity (Wildman–Crippen MR) is 115 cm³/mol. The van der Waals surface area contributed by atoms with Crippen molar-refractivity contribution in [2.24, 2.45) is 11.5 Å². The van der Waals surface area contributed by atoms with E-state index in [1.807, 2.05) is 0 Å². The number of rotatable bonds is 16. The van der Waals surface area contributed by atoms with Gasteiger partial charge in [0.2, 0.25) is 17.7 Å². The Hall–Kier alpha value is -2.38. The van der Waals surface area contributed by atoms with E-state index in [1.165, 1.54) is 18.7 Å². The summed E-state index contributed by atoms with van der Waals surface area (Å²) in [7, 11) is 0. The molecular weight excluding hydrogens is 430 g/mol. The minimum atomic E-state index is -1.44. The van der Waals surface area contributed by atoms with E-state index >= 15 is 0 Å². The molecule has 0 radical (unpaired) electrons. The molecule has 0 aromatic heterocycles. The molecule has 31 heavy (non-hydrogen) atoms. The van der Waals surface area contributed by atoms with E-state index in [0.717, 1.165) is 0 Å². The van der Waals surface area contributed by atoms with Gasteiger partial charge in [-0.3, -0.25) is 19.2 Å². The highest BCUT2D eigenvalue weighted by Gasteiger charge is 2.30. The van der Waals surface area contributed by atoms with E-state index in [-0.39, 0.29) is 12.8 Å². The standard InChI is InChI=1S/C18H33N5O7S/c1-10(20)15(26)23-13(9-14(24)25)17(28)21-11(6-8-31-2)16(27)22-12(18(29)30)5-3-4-7-19/h10-13H,3-9,19-20H2,1-2H3,(H,21,28)(H,22,27)(H,23,26)(H,24,25)(H,29,30). The van der Waals surface area contributed by atoms with Crippen molar-refractivity contribution in [3.05, 3.63) is 0 Å². The second kappa shape index (κ2) is 15.4. The summed E-state index contributed by atoms with van der Waals surface area (Å²) in [4.78, 5) is 59.6. The number of nitrogens with one attached hydrogen (secondary N) is 3. The summed E-state index contributed by atoms with van der Waals surface area (Å²) in [5.74, 6) is -4.39. The Bertz CT molecular complexity index is 632. The zero-order valence-corrected chi connectivity index (χ0v) is 18.6. The van der Waals surface area contributed by atoms with Gasteiger partial charge in [-0.2, -0.15) is 11.8 Å². The number of amides is 3. The Morgan fingerprint density at radius 3 is 1.90 bits per heavy atom. The third kappa shape index (κ3) is 12.2. The smallest absolute Gasteiger partial charge is 0.326 e. The number of aliphatic carboxylic acids is 2. The normalized spacial score (nSPS) is 14.6. The van der Waals surface area contributed by atoms with Crippen molar-refractivity contribution in [1.29, 1.82) is 0 Å². The lowest BCUT2D eigenvalue weighted by Gasteiger charge is -2.24. The molecule has 4 unspecified atom stereocenters. The van der Waals surface area contributed by atoms with Gasteiger partial charge in [-0.15, -0.1) is 0 Å². The molecule has 9 N–H and O–H groups in total. The largest absolute Gasteiger partial charge is 0.481 e. The number of carbonyl (C=O) groups excluding carboxylic acids is 3.